The van der Waals surface area contributed by atoms with Crippen LogP contribution in [0.4, 0.5) is 5.82 Å². The van der Waals surface area contributed by atoms with Crippen molar-refractivity contribution in [2.75, 3.05) is 70.5 Å². The molecule has 1 spiro atoms. The molecule has 3 aliphatic heterocycles. The van der Waals surface area contributed by atoms with Gasteiger partial charge in [0, 0.05) is 51.2 Å². The Hall–Kier alpha value is -2.22. The van der Waals surface area contributed by atoms with Crippen LogP contribution in [0.3, 0.4) is 0 Å². The normalized spacial score (nSPS) is 22.8. The number of carbonyl (C=O) groups excluding carboxylic acids is 1. The van der Waals surface area contributed by atoms with Gasteiger partial charge in [0.2, 0.25) is 5.91 Å². The second-order valence-corrected chi connectivity index (χ2v) is 8.90. The molecule has 3 fully saturated rings. The number of anilines is 1. The van der Waals surface area contributed by atoms with Crippen LogP contribution in [-0.4, -0.2) is 91.9 Å². The van der Waals surface area contributed by atoms with Gasteiger partial charge in [0.05, 0.1) is 37.4 Å². The average molecular weight is 425 g/mol. The lowest BCUT2D eigenvalue weighted by atomic mass is 9.90. The van der Waals surface area contributed by atoms with E-state index in [1.807, 2.05) is 17.0 Å². The molecule has 5 rings (SSSR count). The molecule has 0 radical (unpaired) electrons. The molecular formula is C24H32N4O3. The van der Waals surface area contributed by atoms with Crippen LogP contribution in [0.25, 0.3) is 10.9 Å². The van der Waals surface area contributed by atoms with Gasteiger partial charge in [0.15, 0.2) is 0 Å². The Morgan fingerprint density at radius 2 is 1.74 bits per heavy atom. The summed E-state index contributed by atoms with van der Waals surface area (Å²) in [6.07, 6.45) is 2.33. The van der Waals surface area contributed by atoms with Gasteiger partial charge in [-0.3, -0.25) is 9.69 Å². The van der Waals surface area contributed by atoms with Crippen molar-refractivity contribution in [1.82, 2.24) is 14.8 Å². The number of rotatable bonds is 4. The summed E-state index contributed by atoms with van der Waals surface area (Å²) in [5.41, 5.74) is 0.802. The van der Waals surface area contributed by atoms with E-state index >= 15 is 0 Å². The van der Waals surface area contributed by atoms with Crippen molar-refractivity contribution < 1.29 is 14.3 Å². The number of carbonyl (C=O) groups is 1. The molecule has 7 nitrogen and oxygen atoms in total. The van der Waals surface area contributed by atoms with Gasteiger partial charge < -0.3 is 19.3 Å². The van der Waals surface area contributed by atoms with Crippen LogP contribution in [0.15, 0.2) is 36.4 Å². The van der Waals surface area contributed by atoms with E-state index in [0.29, 0.717) is 19.6 Å². The highest BCUT2D eigenvalue weighted by molar-refractivity contribution is 5.80. The summed E-state index contributed by atoms with van der Waals surface area (Å²) < 4.78 is 11.8. The summed E-state index contributed by atoms with van der Waals surface area (Å²) in [6, 6.07) is 12.5. The molecule has 7 heteroatoms. The third-order valence-electron chi connectivity index (χ3n) is 6.93. The summed E-state index contributed by atoms with van der Waals surface area (Å²) >= 11 is 0. The monoisotopic (exact) mass is 424 g/mol. The topological polar surface area (TPSA) is 58.1 Å². The molecule has 1 aromatic carbocycles. The van der Waals surface area contributed by atoms with Crippen molar-refractivity contribution in [2.24, 2.45) is 0 Å². The van der Waals surface area contributed by atoms with Crippen LogP contribution in [0.2, 0.25) is 0 Å². The molecule has 0 atom stereocenters. The van der Waals surface area contributed by atoms with E-state index in [9.17, 15) is 4.79 Å². The number of pyridine rings is 1. The minimum absolute atomic E-state index is 0.226. The Morgan fingerprint density at radius 1 is 0.935 bits per heavy atom. The molecule has 0 bridgehead atoms. The van der Waals surface area contributed by atoms with Crippen LogP contribution < -0.4 is 4.90 Å². The van der Waals surface area contributed by atoms with Crippen LogP contribution in [0.5, 0.6) is 0 Å². The minimum atomic E-state index is -0.232. The molecule has 0 unspecified atom stereocenters. The number of hydrogen-bond acceptors (Lipinski definition) is 6. The number of fused-ring (bicyclic) bond motifs is 1. The Morgan fingerprint density at radius 3 is 2.58 bits per heavy atom. The lowest BCUT2D eigenvalue weighted by Crippen LogP contribution is -2.53. The second kappa shape index (κ2) is 9.10. The van der Waals surface area contributed by atoms with Gasteiger partial charge >= 0.3 is 0 Å². The number of morpholine rings is 1. The summed E-state index contributed by atoms with van der Waals surface area (Å²) in [5, 5.41) is 1.17. The van der Waals surface area contributed by atoms with E-state index in [0.717, 1.165) is 76.7 Å². The fourth-order valence-corrected chi connectivity index (χ4v) is 4.96. The van der Waals surface area contributed by atoms with Gasteiger partial charge in [-0.1, -0.05) is 18.2 Å². The van der Waals surface area contributed by atoms with E-state index in [-0.39, 0.29) is 11.5 Å². The molecule has 1 aromatic heterocycles. The zero-order chi connectivity index (χ0) is 21.1. The van der Waals surface area contributed by atoms with Gasteiger partial charge in [0.25, 0.3) is 0 Å². The van der Waals surface area contributed by atoms with Crippen LogP contribution in [0.1, 0.15) is 19.3 Å². The maximum atomic E-state index is 12.7. The quantitative estimate of drug-likeness (QED) is 0.750. The van der Waals surface area contributed by atoms with E-state index in [4.69, 9.17) is 14.5 Å². The third kappa shape index (κ3) is 4.68. The molecule has 2 aromatic rings. The van der Waals surface area contributed by atoms with Gasteiger partial charge in [0.1, 0.15) is 5.82 Å². The summed E-state index contributed by atoms with van der Waals surface area (Å²) in [7, 11) is 0. The molecule has 0 aliphatic carbocycles. The molecule has 1 amide bonds. The first-order chi connectivity index (χ1) is 15.2. The molecule has 166 valence electrons. The highest BCUT2D eigenvalue weighted by atomic mass is 16.5. The average Bonchev–Trinajstić information content (AvgIpc) is 2.97. The van der Waals surface area contributed by atoms with Gasteiger partial charge in [-0.2, -0.15) is 0 Å². The zero-order valence-corrected chi connectivity index (χ0v) is 18.2. The summed E-state index contributed by atoms with van der Waals surface area (Å²) in [4.78, 5) is 24.4. The number of ether oxygens (including phenoxy) is 2. The van der Waals surface area contributed by atoms with E-state index < -0.39 is 0 Å². The number of hydrogen-bond donors (Lipinski definition) is 0. The van der Waals surface area contributed by atoms with Gasteiger partial charge in [-0.25, -0.2) is 4.98 Å². The molecule has 3 aliphatic rings. The first kappa shape index (κ1) is 20.7. The van der Waals surface area contributed by atoms with E-state index in [2.05, 4.69) is 34.1 Å². The van der Waals surface area contributed by atoms with Crippen LogP contribution in [0, 0.1) is 0 Å². The Bertz CT molecular complexity index is 907. The van der Waals surface area contributed by atoms with Crippen LogP contribution >= 0.6 is 0 Å². The minimum Gasteiger partial charge on any atom is -0.379 e. The van der Waals surface area contributed by atoms with Gasteiger partial charge in [-0.15, -0.1) is 0 Å². The fourth-order valence-electron chi connectivity index (χ4n) is 4.96. The smallest absolute Gasteiger partial charge is 0.225 e. The standard InChI is InChI=1S/C24H32N4O3/c29-23-7-16-31-24(19-28(23)13-12-26-14-17-30-18-15-26)8-10-27(11-9-24)22-6-5-20-3-1-2-4-21(20)25-22/h1-6H,7-19H2. The van der Waals surface area contributed by atoms with E-state index in [1.165, 1.54) is 5.39 Å². The Balaban J connectivity index is 1.22. The maximum absolute atomic E-state index is 12.7. The van der Waals surface area contributed by atoms with Crippen molar-refractivity contribution in [3.63, 3.8) is 0 Å². The lowest BCUT2D eigenvalue weighted by molar-refractivity contribution is -0.131. The van der Waals surface area contributed by atoms with Crippen molar-refractivity contribution in [3.8, 4) is 0 Å². The molecule has 0 N–H and O–H groups in total. The SMILES string of the molecule is O=C1CCOC2(CCN(c3ccc4ccccc4n3)CC2)CN1CCN1CCOCC1. The number of amides is 1. The van der Waals surface area contributed by atoms with Crippen molar-refractivity contribution >= 4 is 22.6 Å². The molecule has 4 heterocycles. The Kier molecular flexibility index (Phi) is 6.07. The fraction of sp³-hybridized carbons (Fsp3) is 0.583. The number of nitrogens with zero attached hydrogens (tertiary/aromatic N) is 4. The number of aromatic nitrogens is 1. The van der Waals surface area contributed by atoms with Crippen molar-refractivity contribution in [1.29, 1.82) is 0 Å². The summed E-state index contributed by atoms with van der Waals surface area (Å²) in [6.45, 7) is 8.22. The largest absolute Gasteiger partial charge is 0.379 e. The molecular weight excluding hydrogens is 392 g/mol. The lowest BCUT2D eigenvalue weighted by Gasteiger charge is -2.43. The van der Waals surface area contributed by atoms with Crippen LogP contribution in [-0.2, 0) is 14.3 Å². The Labute approximate surface area is 183 Å². The molecule has 3 saturated heterocycles. The zero-order valence-electron chi connectivity index (χ0n) is 18.2. The van der Waals surface area contributed by atoms with E-state index in [1.54, 1.807) is 0 Å². The first-order valence-corrected chi connectivity index (χ1v) is 11.5. The highest BCUT2D eigenvalue weighted by Crippen LogP contribution is 2.32. The predicted octanol–water partition coefficient (Wildman–Crippen LogP) is 2.15. The number of benzene rings is 1. The molecule has 31 heavy (non-hydrogen) atoms. The number of para-hydroxylation sites is 1. The van der Waals surface area contributed by atoms with Crippen molar-refractivity contribution in [2.45, 2.75) is 24.9 Å². The predicted molar refractivity (Wildman–Crippen MR) is 120 cm³/mol. The second-order valence-electron chi connectivity index (χ2n) is 8.90. The first-order valence-electron chi connectivity index (χ1n) is 11.5. The van der Waals surface area contributed by atoms with Gasteiger partial charge in [-0.05, 0) is 31.0 Å². The molecule has 0 saturated carbocycles. The highest BCUT2D eigenvalue weighted by Gasteiger charge is 2.40. The maximum Gasteiger partial charge on any atom is 0.225 e. The summed E-state index contributed by atoms with van der Waals surface area (Å²) in [5.74, 6) is 1.26. The van der Waals surface area contributed by atoms with Crippen molar-refractivity contribution in [3.05, 3.63) is 36.4 Å². The third-order valence-corrected chi connectivity index (χ3v) is 6.93. The number of piperidine rings is 1.